The van der Waals surface area contributed by atoms with Gasteiger partial charge in [-0.3, -0.25) is 0 Å². The summed E-state index contributed by atoms with van der Waals surface area (Å²) in [7, 11) is 0. The molecule has 0 saturated carbocycles. The van der Waals surface area contributed by atoms with Gasteiger partial charge in [-0.1, -0.05) is 32.9 Å². The highest BCUT2D eigenvalue weighted by Gasteiger charge is 2.26. The Labute approximate surface area is 118 Å². The first-order valence-electron chi connectivity index (χ1n) is 6.49. The molecule has 5 nitrogen and oxygen atoms in total. The number of carboxylic acid groups (broad SMARTS) is 1. The third kappa shape index (κ3) is 2.43. The molecule has 0 unspecified atom stereocenters. The molecule has 0 spiro atoms. The molecule has 0 radical (unpaired) electrons. The Morgan fingerprint density at radius 1 is 1.25 bits per heavy atom. The summed E-state index contributed by atoms with van der Waals surface area (Å²) in [6.07, 6.45) is 0. The fraction of sp³-hybridized carbons (Fsp3) is 0.400. The minimum atomic E-state index is -1.11. The van der Waals surface area contributed by atoms with Gasteiger partial charge in [0.25, 0.3) is 5.82 Å². The molecule has 0 bridgehead atoms. The van der Waals surface area contributed by atoms with E-state index in [4.69, 9.17) is 5.11 Å². The van der Waals surface area contributed by atoms with Gasteiger partial charge in [0.15, 0.2) is 0 Å². The van der Waals surface area contributed by atoms with Crippen LogP contribution in [0.4, 0.5) is 0 Å². The highest BCUT2D eigenvalue weighted by Crippen LogP contribution is 2.25. The first-order chi connectivity index (χ1) is 9.21. The molecule has 2 rings (SSSR count). The van der Waals surface area contributed by atoms with Gasteiger partial charge in [0.2, 0.25) is 0 Å². The second kappa shape index (κ2) is 4.74. The van der Waals surface area contributed by atoms with Gasteiger partial charge in [0, 0.05) is 5.41 Å². The van der Waals surface area contributed by atoms with Crippen molar-refractivity contribution in [1.82, 2.24) is 14.8 Å². The molecule has 0 aliphatic carbocycles. The summed E-state index contributed by atoms with van der Waals surface area (Å²) in [6, 6.07) is 5.88. The van der Waals surface area contributed by atoms with E-state index >= 15 is 0 Å². The lowest BCUT2D eigenvalue weighted by Gasteiger charge is -2.19. The maximum Gasteiger partial charge on any atom is 0.375 e. The maximum absolute atomic E-state index is 11.1. The molecular formula is C15H19N3O2. The van der Waals surface area contributed by atoms with Gasteiger partial charge in [-0.15, -0.1) is 5.10 Å². The molecule has 1 heterocycles. The van der Waals surface area contributed by atoms with Gasteiger partial charge in [0.05, 0.1) is 5.69 Å². The van der Waals surface area contributed by atoms with E-state index in [0.717, 1.165) is 16.8 Å². The zero-order chi connectivity index (χ0) is 15.1. The van der Waals surface area contributed by atoms with Gasteiger partial charge >= 0.3 is 5.97 Å². The summed E-state index contributed by atoms with van der Waals surface area (Å²) in [6.45, 7) is 9.99. The second-order valence-electron chi connectivity index (χ2n) is 5.95. The van der Waals surface area contributed by atoms with Crippen molar-refractivity contribution in [3.8, 4) is 5.69 Å². The molecule has 0 saturated heterocycles. The largest absolute Gasteiger partial charge is 0.475 e. The molecule has 0 fully saturated rings. The molecule has 20 heavy (non-hydrogen) atoms. The van der Waals surface area contributed by atoms with Crippen LogP contribution in [0.3, 0.4) is 0 Å². The lowest BCUT2D eigenvalue weighted by Crippen LogP contribution is -2.19. The smallest absolute Gasteiger partial charge is 0.375 e. The average molecular weight is 273 g/mol. The van der Waals surface area contributed by atoms with Crippen molar-refractivity contribution in [2.24, 2.45) is 0 Å². The predicted octanol–water partition coefficient (Wildman–Crippen LogP) is 2.88. The number of aryl methyl sites for hydroxylation is 1. The van der Waals surface area contributed by atoms with Crippen LogP contribution in [-0.2, 0) is 5.41 Å². The van der Waals surface area contributed by atoms with Crippen molar-refractivity contribution in [2.45, 2.75) is 40.0 Å². The number of aromatic carboxylic acids is 1. The molecular weight excluding hydrogens is 254 g/mol. The van der Waals surface area contributed by atoms with Crippen LogP contribution in [-0.4, -0.2) is 25.8 Å². The fourth-order valence-electron chi connectivity index (χ4n) is 2.02. The first kappa shape index (κ1) is 14.2. The molecule has 0 aliphatic rings. The Bertz CT molecular complexity index is 666. The van der Waals surface area contributed by atoms with E-state index in [0.29, 0.717) is 5.82 Å². The van der Waals surface area contributed by atoms with Crippen molar-refractivity contribution >= 4 is 5.97 Å². The SMILES string of the molecule is Cc1cccc(-n2nc(C(=O)O)nc2C(C)(C)C)c1C. The summed E-state index contributed by atoms with van der Waals surface area (Å²) < 4.78 is 1.64. The number of aromatic nitrogens is 3. The standard InChI is InChI=1S/C15H19N3O2/c1-9-7-6-8-11(10(9)2)18-14(15(3,4)5)16-12(17-18)13(19)20/h6-8H,1-5H3,(H,19,20). The lowest BCUT2D eigenvalue weighted by atomic mass is 9.95. The van der Waals surface area contributed by atoms with E-state index in [9.17, 15) is 4.79 Å². The summed E-state index contributed by atoms with van der Waals surface area (Å²) in [5.41, 5.74) is 2.78. The van der Waals surface area contributed by atoms with Crippen molar-refractivity contribution in [1.29, 1.82) is 0 Å². The summed E-state index contributed by atoms with van der Waals surface area (Å²) >= 11 is 0. The average Bonchev–Trinajstić information content (AvgIpc) is 2.77. The highest BCUT2D eigenvalue weighted by atomic mass is 16.4. The van der Waals surface area contributed by atoms with E-state index in [1.807, 2.05) is 52.8 Å². The van der Waals surface area contributed by atoms with Crippen molar-refractivity contribution in [3.05, 3.63) is 41.0 Å². The Morgan fingerprint density at radius 3 is 2.45 bits per heavy atom. The topological polar surface area (TPSA) is 68.0 Å². The van der Waals surface area contributed by atoms with Crippen molar-refractivity contribution in [2.75, 3.05) is 0 Å². The van der Waals surface area contributed by atoms with Gasteiger partial charge in [-0.2, -0.15) is 0 Å². The molecule has 5 heteroatoms. The highest BCUT2D eigenvalue weighted by molar-refractivity contribution is 5.83. The molecule has 0 aliphatic heterocycles. The minimum Gasteiger partial charge on any atom is -0.475 e. The summed E-state index contributed by atoms with van der Waals surface area (Å²) in [5.74, 6) is -0.640. The van der Waals surface area contributed by atoms with Crippen LogP contribution in [0.15, 0.2) is 18.2 Å². The van der Waals surface area contributed by atoms with E-state index < -0.39 is 5.97 Å². The number of carbonyl (C=O) groups is 1. The van der Waals surface area contributed by atoms with Crippen LogP contribution in [0.1, 0.15) is 48.3 Å². The van der Waals surface area contributed by atoms with Gasteiger partial charge in [0.1, 0.15) is 5.82 Å². The zero-order valence-electron chi connectivity index (χ0n) is 12.4. The number of benzene rings is 1. The summed E-state index contributed by atoms with van der Waals surface area (Å²) in [5, 5.41) is 13.3. The van der Waals surface area contributed by atoms with Crippen LogP contribution in [0.2, 0.25) is 0 Å². The minimum absolute atomic E-state index is 0.171. The number of nitrogens with zero attached hydrogens (tertiary/aromatic N) is 3. The third-order valence-corrected chi connectivity index (χ3v) is 3.27. The number of hydrogen-bond acceptors (Lipinski definition) is 3. The van der Waals surface area contributed by atoms with Crippen LogP contribution in [0.25, 0.3) is 5.69 Å². The van der Waals surface area contributed by atoms with E-state index in [-0.39, 0.29) is 11.2 Å². The first-order valence-corrected chi connectivity index (χ1v) is 6.49. The normalized spacial score (nSPS) is 11.7. The maximum atomic E-state index is 11.1. The molecule has 0 atom stereocenters. The van der Waals surface area contributed by atoms with Gasteiger partial charge in [-0.05, 0) is 31.0 Å². The Hall–Kier alpha value is -2.17. The molecule has 1 N–H and O–H groups in total. The lowest BCUT2D eigenvalue weighted by molar-refractivity contribution is 0.0683. The number of rotatable bonds is 2. The third-order valence-electron chi connectivity index (χ3n) is 3.27. The van der Waals surface area contributed by atoms with Crippen LogP contribution < -0.4 is 0 Å². The van der Waals surface area contributed by atoms with E-state index in [2.05, 4.69) is 10.1 Å². The van der Waals surface area contributed by atoms with E-state index in [1.165, 1.54) is 0 Å². The number of hydrogen-bond donors (Lipinski definition) is 1. The van der Waals surface area contributed by atoms with Crippen LogP contribution >= 0.6 is 0 Å². The predicted molar refractivity (Wildman–Crippen MR) is 76.5 cm³/mol. The van der Waals surface area contributed by atoms with Gasteiger partial charge in [-0.25, -0.2) is 14.5 Å². The Kier molecular flexibility index (Phi) is 3.38. The Morgan fingerprint density at radius 2 is 1.90 bits per heavy atom. The Balaban J connectivity index is 2.72. The molecule has 2 aromatic rings. The molecule has 106 valence electrons. The van der Waals surface area contributed by atoms with Crippen LogP contribution in [0.5, 0.6) is 0 Å². The fourth-order valence-corrected chi connectivity index (χ4v) is 2.02. The van der Waals surface area contributed by atoms with Gasteiger partial charge < -0.3 is 5.11 Å². The molecule has 1 aromatic carbocycles. The zero-order valence-corrected chi connectivity index (χ0v) is 12.4. The molecule has 1 aromatic heterocycles. The van der Waals surface area contributed by atoms with E-state index in [1.54, 1.807) is 4.68 Å². The van der Waals surface area contributed by atoms with Crippen molar-refractivity contribution in [3.63, 3.8) is 0 Å². The summed E-state index contributed by atoms with van der Waals surface area (Å²) in [4.78, 5) is 15.3. The monoisotopic (exact) mass is 273 g/mol. The van der Waals surface area contributed by atoms with Crippen molar-refractivity contribution < 1.29 is 9.90 Å². The van der Waals surface area contributed by atoms with Crippen LogP contribution in [0, 0.1) is 13.8 Å². The quantitative estimate of drug-likeness (QED) is 0.913. The number of carboxylic acids is 1. The second-order valence-corrected chi connectivity index (χ2v) is 5.95. The molecule has 0 amide bonds.